The van der Waals surface area contributed by atoms with E-state index in [1.165, 1.54) is 24.4 Å². The van der Waals surface area contributed by atoms with Gasteiger partial charge in [-0.1, -0.05) is 60.5 Å². The lowest BCUT2D eigenvalue weighted by Gasteiger charge is -2.18. The highest BCUT2D eigenvalue weighted by atomic mass is 35.5. The molecule has 0 aliphatic rings. The van der Waals surface area contributed by atoms with Gasteiger partial charge in [0.25, 0.3) is 5.91 Å². The van der Waals surface area contributed by atoms with Crippen LogP contribution in [0.15, 0.2) is 65.7 Å². The third-order valence-electron chi connectivity index (χ3n) is 6.34. The summed E-state index contributed by atoms with van der Waals surface area (Å²) in [6, 6.07) is 14.0. The molecule has 1 atom stereocenters. The van der Waals surface area contributed by atoms with E-state index in [1.54, 1.807) is 26.0 Å². The first-order valence-electron chi connectivity index (χ1n) is 11.9. The first-order chi connectivity index (χ1) is 18.4. The summed E-state index contributed by atoms with van der Waals surface area (Å²) in [5.41, 5.74) is 1.76. The molecule has 0 saturated heterocycles. The first-order valence-corrected chi connectivity index (χ1v) is 14.2. The average molecular weight is 586 g/mol. The summed E-state index contributed by atoms with van der Waals surface area (Å²) in [7, 11) is -4.07. The third-order valence-corrected chi connectivity index (χ3v) is 9.27. The second-order valence-corrected chi connectivity index (χ2v) is 11.9. The smallest absolute Gasteiger partial charge is 0.257 e. The van der Waals surface area contributed by atoms with Crippen molar-refractivity contribution in [2.45, 2.75) is 37.3 Å². The highest BCUT2D eigenvalue weighted by molar-refractivity contribution is 7.92. The number of aromatic nitrogens is 1. The fraction of sp³-hybridized carbons (Fsp3) is 0.179. The maximum absolute atomic E-state index is 13.2. The lowest BCUT2D eigenvalue weighted by Crippen LogP contribution is -2.34. The number of phenolic OH excluding ortho intramolecular Hbond substituents is 1. The molecule has 1 unspecified atom stereocenters. The number of pyridine rings is 1. The van der Waals surface area contributed by atoms with Crippen molar-refractivity contribution in [1.29, 1.82) is 0 Å². The van der Waals surface area contributed by atoms with Crippen LogP contribution in [-0.2, 0) is 14.6 Å². The summed E-state index contributed by atoms with van der Waals surface area (Å²) in [4.78, 5) is 30.3. The number of rotatable bonds is 7. The van der Waals surface area contributed by atoms with Gasteiger partial charge < -0.3 is 15.7 Å². The van der Waals surface area contributed by atoms with Gasteiger partial charge in [-0.3, -0.25) is 14.6 Å². The van der Waals surface area contributed by atoms with E-state index in [0.29, 0.717) is 16.5 Å². The predicted octanol–water partition coefficient (Wildman–Crippen LogP) is 6.31. The maximum atomic E-state index is 13.2. The predicted molar refractivity (Wildman–Crippen MR) is 154 cm³/mol. The van der Waals surface area contributed by atoms with E-state index in [2.05, 4.69) is 15.6 Å². The zero-order valence-electron chi connectivity index (χ0n) is 21.2. The summed E-state index contributed by atoms with van der Waals surface area (Å²) in [5.74, 6) is -1.73. The summed E-state index contributed by atoms with van der Waals surface area (Å²) in [6.45, 7) is 5.15. The minimum atomic E-state index is -4.07. The first kappa shape index (κ1) is 28.4. The quantitative estimate of drug-likeness (QED) is 0.218. The van der Waals surface area contributed by atoms with Crippen molar-refractivity contribution in [3.63, 3.8) is 0 Å². The number of fused-ring (bicyclic) bond motifs is 1. The van der Waals surface area contributed by atoms with Crippen molar-refractivity contribution in [2.24, 2.45) is 0 Å². The van der Waals surface area contributed by atoms with Gasteiger partial charge in [-0.25, -0.2) is 8.42 Å². The largest absolute Gasteiger partial charge is 0.506 e. The Morgan fingerprint density at radius 3 is 2.31 bits per heavy atom. The van der Waals surface area contributed by atoms with Crippen LogP contribution in [0.25, 0.3) is 10.8 Å². The second kappa shape index (κ2) is 11.2. The minimum absolute atomic E-state index is 0.00150. The molecule has 1 aromatic heterocycles. The number of nitrogens with zero attached hydrogens (tertiary/aromatic N) is 1. The minimum Gasteiger partial charge on any atom is -0.506 e. The number of carbonyl (C=O) groups excluding carboxylic acids is 2. The number of hydrogen-bond acceptors (Lipinski definition) is 6. The summed E-state index contributed by atoms with van der Waals surface area (Å²) < 4.78 is 26.4. The Kier molecular flexibility index (Phi) is 8.15. The molecule has 0 aliphatic carbocycles. The molecule has 202 valence electrons. The fourth-order valence-corrected chi connectivity index (χ4v) is 6.24. The highest BCUT2D eigenvalue weighted by Crippen LogP contribution is 2.35. The second-order valence-electron chi connectivity index (χ2n) is 8.95. The average Bonchev–Trinajstić information content (AvgIpc) is 2.89. The van der Waals surface area contributed by atoms with Gasteiger partial charge in [-0.2, -0.15) is 0 Å². The molecule has 0 radical (unpaired) electrons. The van der Waals surface area contributed by atoms with Gasteiger partial charge in [-0.15, -0.1) is 0 Å². The summed E-state index contributed by atoms with van der Waals surface area (Å²) in [6.07, 6.45) is 1.43. The zero-order chi connectivity index (χ0) is 28.5. The van der Waals surface area contributed by atoms with Crippen LogP contribution in [0.4, 0.5) is 11.4 Å². The maximum Gasteiger partial charge on any atom is 0.257 e. The van der Waals surface area contributed by atoms with Gasteiger partial charge >= 0.3 is 0 Å². The Morgan fingerprint density at radius 2 is 1.64 bits per heavy atom. The number of aryl methyl sites for hydroxylation is 2. The number of hydrogen-bond donors (Lipinski definition) is 3. The molecule has 3 N–H and O–H groups in total. The highest BCUT2D eigenvalue weighted by Gasteiger charge is 2.33. The molecule has 0 bridgehead atoms. The molecule has 8 nitrogen and oxygen atoms in total. The summed E-state index contributed by atoms with van der Waals surface area (Å²) in [5, 5.41) is 16.0. The molecule has 0 aliphatic heterocycles. The Hall–Kier alpha value is -3.66. The van der Waals surface area contributed by atoms with Crippen LogP contribution in [0, 0.1) is 13.8 Å². The Labute approximate surface area is 235 Å². The van der Waals surface area contributed by atoms with Gasteiger partial charge in [0.15, 0.2) is 9.84 Å². The molecule has 4 rings (SSSR count). The van der Waals surface area contributed by atoms with Crippen molar-refractivity contribution >= 4 is 67.0 Å². The monoisotopic (exact) mass is 585 g/mol. The van der Waals surface area contributed by atoms with Crippen LogP contribution >= 0.6 is 23.2 Å². The third kappa shape index (κ3) is 5.71. The van der Waals surface area contributed by atoms with E-state index in [9.17, 15) is 23.1 Å². The SMILES string of the molecule is CCC(C(=O)Nc1cc(O)c(NC(=O)c2cnc(C)c3ccccc23)cc1Cl)S(=O)(=O)c1ccc(C)c(Cl)c1. The van der Waals surface area contributed by atoms with Crippen LogP contribution in [0.2, 0.25) is 10.0 Å². The van der Waals surface area contributed by atoms with E-state index in [1.807, 2.05) is 25.1 Å². The molecule has 0 saturated carbocycles. The van der Waals surface area contributed by atoms with Crippen LogP contribution in [0.5, 0.6) is 5.75 Å². The Morgan fingerprint density at radius 1 is 0.949 bits per heavy atom. The number of amides is 2. The van der Waals surface area contributed by atoms with Gasteiger partial charge in [0.05, 0.1) is 26.9 Å². The molecule has 2 amide bonds. The van der Waals surface area contributed by atoms with E-state index in [-0.39, 0.29) is 38.5 Å². The van der Waals surface area contributed by atoms with Crippen molar-refractivity contribution < 1.29 is 23.1 Å². The zero-order valence-corrected chi connectivity index (χ0v) is 23.6. The van der Waals surface area contributed by atoms with Crippen LogP contribution in [-0.4, -0.2) is 35.6 Å². The molecular formula is C28H25Cl2N3O5S. The molecule has 39 heavy (non-hydrogen) atoms. The molecule has 11 heteroatoms. The van der Waals surface area contributed by atoms with E-state index >= 15 is 0 Å². The topological polar surface area (TPSA) is 125 Å². The van der Waals surface area contributed by atoms with Gasteiger partial charge in [0, 0.05) is 28.4 Å². The molecule has 3 aromatic carbocycles. The van der Waals surface area contributed by atoms with Crippen LogP contribution in [0.1, 0.15) is 35.0 Å². The molecule has 4 aromatic rings. The number of nitrogens with one attached hydrogen (secondary N) is 2. The number of carbonyl (C=O) groups is 2. The lowest BCUT2D eigenvalue weighted by molar-refractivity contribution is -0.115. The van der Waals surface area contributed by atoms with Gasteiger partial charge in [0.1, 0.15) is 11.0 Å². The van der Waals surface area contributed by atoms with Crippen molar-refractivity contribution in [3.8, 4) is 5.75 Å². The normalized spacial score (nSPS) is 12.2. The van der Waals surface area contributed by atoms with Gasteiger partial charge in [0.2, 0.25) is 5.91 Å². The van der Waals surface area contributed by atoms with Crippen molar-refractivity contribution in [3.05, 3.63) is 87.7 Å². The number of phenols is 1. The van der Waals surface area contributed by atoms with Crippen LogP contribution < -0.4 is 10.6 Å². The lowest BCUT2D eigenvalue weighted by atomic mass is 10.0. The Balaban J connectivity index is 1.57. The number of anilines is 2. The van der Waals surface area contributed by atoms with E-state index in [4.69, 9.17) is 23.2 Å². The number of benzene rings is 3. The number of halogens is 2. The number of sulfone groups is 1. The standard InChI is InChI=1S/C28H25Cl2N3O5S/c1-4-26(39(37,38)17-10-9-15(2)21(29)11-17)28(36)32-23-13-25(34)24(12-22(23)30)33-27(35)20-14-31-16(3)18-7-5-6-8-19(18)20/h5-14,26,34H,4H2,1-3H3,(H,32,36)(H,33,35). The Bertz CT molecular complexity index is 1720. The van der Waals surface area contributed by atoms with Gasteiger partial charge in [-0.05, 0) is 49.4 Å². The van der Waals surface area contributed by atoms with E-state index < -0.39 is 26.9 Å². The molecular weight excluding hydrogens is 561 g/mol. The van der Waals surface area contributed by atoms with Crippen molar-refractivity contribution in [2.75, 3.05) is 10.6 Å². The molecule has 1 heterocycles. The van der Waals surface area contributed by atoms with E-state index in [0.717, 1.165) is 17.1 Å². The van der Waals surface area contributed by atoms with Crippen molar-refractivity contribution in [1.82, 2.24) is 4.98 Å². The summed E-state index contributed by atoms with van der Waals surface area (Å²) >= 11 is 12.4. The molecule has 0 fully saturated rings. The fourth-order valence-electron chi connectivity index (χ4n) is 4.14. The van der Waals surface area contributed by atoms with Crippen LogP contribution in [0.3, 0.4) is 0 Å². The molecule has 0 spiro atoms. The number of aromatic hydroxyl groups is 1.